The number of thiophene rings is 1. The Labute approximate surface area is 97.1 Å². The highest BCUT2D eigenvalue weighted by atomic mass is 32.1. The standard InChI is InChI=1S/C11H12FN3S/c1-7-4-6-16-11(7)10(15-13)9-8(12)3-2-5-14-9/h2-6,10,15H,13H2,1H3. The summed E-state index contributed by atoms with van der Waals surface area (Å²) in [5.74, 6) is 5.13. The molecular weight excluding hydrogens is 225 g/mol. The average molecular weight is 237 g/mol. The summed E-state index contributed by atoms with van der Waals surface area (Å²) in [6, 6.07) is 4.54. The Bertz CT molecular complexity index is 484. The van der Waals surface area contributed by atoms with E-state index < -0.39 is 0 Å². The molecule has 0 spiro atoms. The smallest absolute Gasteiger partial charge is 0.146 e. The lowest BCUT2D eigenvalue weighted by Gasteiger charge is -2.15. The quantitative estimate of drug-likeness (QED) is 0.635. The number of aromatic nitrogens is 1. The van der Waals surface area contributed by atoms with Gasteiger partial charge in [-0.25, -0.2) is 9.82 Å². The Hall–Kier alpha value is -1.30. The molecular formula is C11H12FN3S. The van der Waals surface area contributed by atoms with E-state index >= 15 is 0 Å². The first-order chi connectivity index (χ1) is 7.74. The van der Waals surface area contributed by atoms with Crippen LogP contribution in [0.15, 0.2) is 29.8 Å². The van der Waals surface area contributed by atoms with E-state index in [2.05, 4.69) is 10.4 Å². The molecule has 0 aliphatic carbocycles. The molecule has 0 amide bonds. The van der Waals surface area contributed by atoms with Crippen LogP contribution in [0.3, 0.4) is 0 Å². The minimum atomic E-state index is -0.388. The van der Waals surface area contributed by atoms with E-state index in [1.807, 2.05) is 18.4 Å². The number of hydrazine groups is 1. The first-order valence-electron chi connectivity index (χ1n) is 4.84. The number of nitrogens with zero attached hydrogens (tertiary/aromatic N) is 1. The molecule has 2 aromatic heterocycles. The third-order valence-electron chi connectivity index (χ3n) is 2.39. The molecule has 0 fully saturated rings. The zero-order valence-corrected chi connectivity index (χ0v) is 9.59. The normalized spacial score (nSPS) is 12.7. The minimum absolute atomic E-state index is 0.329. The maximum Gasteiger partial charge on any atom is 0.146 e. The van der Waals surface area contributed by atoms with Gasteiger partial charge in [0.2, 0.25) is 0 Å². The van der Waals surface area contributed by atoms with Crippen LogP contribution in [0.4, 0.5) is 4.39 Å². The van der Waals surface area contributed by atoms with Gasteiger partial charge < -0.3 is 0 Å². The molecule has 0 aliphatic heterocycles. The van der Waals surface area contributed by atoms with Gasteiger partial charge in [0.05, 0.1) is 5.69 Å². The molecule has 1 unspecified atom stereocenters. The summed E-state index contributed by atoms with van der Waals surface area (Å²) < 4.78 is 13.6. The van der Waals surface area contributed by atoms with Gasteiger partial charge >= 0.3 is 0 Å². The van der Waals surface area contributed by atoms with Gasteiger partial charge in [-0.05, 0) is 36.1 Å². The number of nitrogens with two attached hydrogens (primary N) is 1. The molecule has 3 nitrogen and oxygen atoms in total. The van der Waals surface area contributed by atoms with Crippen molar-refractivity contribution in [2.45, 2.75) is 13.0 Å². The molecule has 2 heterocycles. The lowest BCUT2D eigenvalue weighted by atomic mass is 10.1. The zero-order chi connectivity index (χ0) is 11.5. The molecule has 2 rings (SSSR count). The molecule has 0 saturated carbocycles. The van der Waals surface area contributed by atoms with Gasteiger partial charge in [-0.2, -0.15) is 0 Å². The summed E-state index contributed by atoms with van der Waals surface area (Å²) in [4.78, 5) is 5.02. The Morgan fingerprint density at radius 3 is 2.88 bits per heavy atom. The third kappa shape index (κ3) is 1.97. The van der Waals surface area contributed by atoms with Crippen LogP contribution in [-0.4, -0.2) is 4.98 Å². The van der Waals surface area contributed by atoms with Crippen molar-refractivity contribution in [3.8, 4) is 0 Å². The first-order valence-corrected chi connectivity index (χ1v) is 5.72. The summed E-state index contributed by atoms with van der Waals surface area (Å²) in [6.07, 6.45) is 1.56. The lowest BCUT2D eigenvalue weighted by molar-refractivity contribution is 0.547. The van der Waals surface area contributed by atoms with Crippen molar-refractivity contribution < 1.29 is 4.39 Å². The molecule has 84 valence electrons. The number of hydrogen-bond donors (Lipinski definition) is 2. The molecule has 0 saturated heterocycles. The summed E-state index contributed by atoms with van der Waals surface area (Å²) in [6.45, 7) is 1.97. The third-order valence-corrected chi connectivity index (χ3v) is 3.47. The van der Waals surface area contributed by atoms with Crippen LogP contribution in [0.25, 0.3) is 0 Å². The van der Waals surface area contributed by atoms with E-state index in [1.54, 1.807) is 12.3 Å². The Kier molecular flexibility index (Phi) is 3.28. The monoisotopic (exact) mass is 237 g/mol. The van der Waals surface area contributed by atoms with Crippen LogP contribution in [0.5, 0.6) is 0 Å². The van der Waals surface area contributed by atoms with Crippen molar-refractivity contribution >= 4 is 11.3 Å². The van der Waals surface area contributed by atoms with Crippen LogP contribution >= 0.6 is 11.3 Å². The Morgan fingerprint density at radius 2 is 2.31 bits per heavy atom. The van der Waals surface area contributed by atoms with Gasteiger partial charge in [0.15, 0.2) is 0 Å². The highest BCUT2D eigenvalue weighted by molar-refractivity contribution is 7.10. The molecule has 3 N–H and O–H groups in total. The second kappa shape index (κ2) is 4.69. The molecule has 0 bridgehead atoms. The van der Waals surface area contributed by atoms with Crippen molar-refractivity contribution in [1.82, 2.24) is 10.4 Å². The SMILES string of the molecule is Cc1ccsc1C(NN)c1ncccc1F. The molecule has 1 atom stereocenters. The van der Waals surface area contributed by atoms with Crippen molar-refractivity contribution in [3.05, 3.63) is 51.7 Å². The molecule has 16 heavy (non-hydrogen) atoms. The van der Waals surface area contributed by atoms with Crippen molar-refractivity contribution in [1.29, 1.82) is 0 Å². The number of pyridine rings is 1. The molecule has 2 aromatic rings. The second-order valence-electron chi connectivity index (χ2n) is 3.44. The predicted octanol–water partition coefficient (Wildman–Crippen LogP) is 2.14. The van der Waals surface area contributed by atoms with Gasteiger partial charge in [-0.15, -0.1) is 11.3 Å². The fourth-order valence-corrected chi connectivity index (χ4v) is 2.56. The minimum Gasteiger partial charge on any atom is -0.270 e. The molecule has 0 radical (unpaired) electrons. The van der Waals surface area contributed by atoms with Crippen LogP contribution in [0.2, 0.25) is 0 Å². The topological polar surface area (TPSA) is 50.9 Å². The summed E-state index contributed by atoms with van der Waals surface area (Å²) in [5, 5.41) is 1.95. The van der Waals surface area contributed by atoms with E-state index in [9.17, 15) is 4.39 Å². The predicted molar refractivity (Wildman–Crippen MR) is 62.4 cm³/mol. The number of nitrogens with one attached hydrogen (secondary N) is 1. The van der Waals surface area contributed by atoms with Crippen molar-refractivity contribution in [2.75, 3.05) is 0 Å². The fraction of sp³-hybridized carbons (Fsp3) is 0.182. The number of aryl methyl sites for hydroxylation is 1. The van der Waals surface area contributed by atoms with E-state index in [1.165, 1.54) is 17.4 Å². The maximum absolute atomic E-state index is 13.6. The maximum atomic E-state index is 13.6. The highest BCUT2D eigenvalue weighted by Crippen LogP contribution is 2.28. The molecule has 0 aromatic carbocycles. The average Bonchev–Trinajstić information content (AvgIpc) is 2.69. The Balaban J connectivity index is 2.45. The number of rotatable bonds is 3. The van der Waals surface area contributed by atoms with E-state index in [-0.39, 0.29) is 11.9 Å². The van der Waals surface area contributed by atoms with Gasteiger partial charge in [0.25, 0.3) is 0 Å². The summed E-state index contributed by atoms with van der Waals surface area (Å²) in [5.41, 5.74) is 4.02. The zero-order valence-electron chi connectivity index (χ0n) is 8.77. The summed E-state index contributed by atoms with van der Waals surface area (Å²) >= 11 is 1.54. The van der Waals surface area contributed by atoms with Gasteiger partial charge in [0, 0.05) is 11.1 Å². The first kappa shape index (κ1) is 11.2. The fourth-order valence-electron chi connectivity index (χ4n) is 1.57. The lowest BCUT2D eigenvalue weighted by Crippen LogP contribution is -2.30. The number of halogens is 1. The van der Waals surface area contributed by atoms with E-state index in [0.717, 1.165) is 10.4 Å². The summed E-state index contributed by atoms with van der Waals surface area (Å²) in [7, 11) is 0. The molecule has 5 heteroatoms. The van der Waals surface area contributed by atoms with Gasteiger partial charge in [-0.3, -0.25) is 10.8 Å². The van der Waals surface area contributed by atoms with Crippen LogP contribution in [0.1, 0.15) is 22.2 Å². The van der Waals surface area contributed by atoms with Crippen molar-refractivity contribution in [3.63, 3.8) is 0 Å². The second-order valence-corrected chi connectivity index (χ2v) is 4.39. The van der Waals surface area contributed by atoms with Gasteiger partial charge in [0.1, 0.15) is 11.9 Å². The largest absolute Gasteiger partial charge is 0.270 e. The van der Waals surface area contributed by atoms with Crippen LogP contribution in [-0.2, 0) is 0 Å². The van der Waals surface area contributed by atoms with Gasteiger partial charge in [-0.1, -0.05) is 0 Å². The van der Waals surface area contributed by atoms with E-state index in [0.29, 0.717) is 5.69 Å². The van der Waals surface area contributed by atoms with Crippen molar-refractivity contribution in [2.24, 2.45) is 5.84 Å². The van der Waals surface area contributed by atoms with Crippen LogP contribution < -0.4 is 11.3 Å². The molecule has 0 aliphatic rings. The number of hydrogen-bond acceptors (Lipinski definition) is 4. The van der Waals surface area contributed by atoms with Crippen LogP contribution in [0, 0.1) is 12.7 Å². The Morgan fingerprint density at radius 1 is 1.50 bits per heavy atom. The highest BCUT2D eigenvalue weighted by Gasteiger charge is 2.20. The van der Waals surface area contributed by atoms with E-state index in [4.69, 9.17) is 5.84 Å².